The van der Waals surface area contributed by atoms with Crippen molar-refractivity contribution in [3.63, 3.8) is 0 Å². The Morgan fingerprint density at radius 2 is 2.14 bits per heavy atom. The second-order valence-electron chi connectivity index (χ2n) is 7.79. The third-order valence-corrected chi connectivity index (χ3v) is 5.14. The first-order valence-electron chi connectivity index (χ1n) is 9.47. The number of rotatable bonds is 7. The third-order valence-electron chi connectivity index (χ3n) is 4.21. The van der Waals surface area contributed by atoms with E-state index >= 15 is 0 Å². The van der Waals surface area contributed by atoms with Gasteiger partial charge < -0.3 is 25.1 Å². The topological polar surface area (TPSA) is 139 Å². The molecule has 2 atom stereocenters. The van der Waals surface area contributed by atoms with Gasteiger partial charge in [-0.2, -0.15) is 9.97 Å². The smallest absolute Gasteiger partial charge is 0.311 e. The van der Waals surface area contributed by atoms with E-state index in [9.17, 15) is 14.7 Å². The first-order valence-corrected chi connectivity index (χ1v) is 10.3. The quantitative estimate of drug-likeness (QED) is 0.499. The van der Waals surface area contributed by atoms with E-state index in [-0.39, 0.29) is 48.4 Å². The van der Waals surface area contributed by atoms with Crippen molar-refractivity contribution in [2.24, 2.45) is 0 Å². The summed E-state index contributed by atoms with van der Waals surface area (Å²) in [6.07, 6.45) is 1.07. The average molecular weight is 426 g/mol. The number of thiazole rings is 1. The predicted molar refractivity (Wildman–Crippen MR) is 107 cm³/mol. The van der Waals surface area contributed by atoms with Crippen molar-refractivity contribution in [2.45, 2.75) is 64.4 Å². The van der Waals surface area contributed by atoms with Gasteiger partial charge in [-0.25, -0.2) is 0 Å². The summed E-state index contributed by atoms with van der Waals surface area (Å²) in [6, 6.07) is 0. The number of carbonyl (C=O) groups is 1. The van der Waals surface area contributed by atoms with Gasteiger partial charge in [-0.1, -0.05) is 11.3 Å². The van der Waals surface area contributed by atoms with E-state index in [1.165, 1.54) is 4.57 Å². The molecule has 1 saturated heterocycles. The maximum Gasteiger partial charge on any atom is 0.311 e. The summed E-state index contributed by atoms with van der Waals surface area (Å²) in [6.45, 7) is 5.54. The Morgan fingerprint density at radius 1 is 1.38 bits per heavy atom. The van der Waals surface area contributed by atoms with Crippen molar-refractivity contribution >= 4 is 33.6 Å². The van der Waals surface area contributed by atoms with E-state index < -0.39 is 11.8 Å². The lowest BCUT2D eigenvalue weighted by Gasteiger charge is -2.19. The van der Waals surface area contributed by atoms with Crippen LogP contribution in [-0.2, 0) is 14.3 Å². The second kappa shape index (κ2) is 8.64. The van der Waals surface area contributed by atoms with Gasteiger partial charge in [-0.05, 0) is 40.0 Å². The van der Waals surface area contributed by atoms with Crippen molar-refractivity contribution in [3.05, 3.63) is 9.67 Å². The molecule has 0 spiro atoms. The monoisotopic (exact) mass is 426 g/mol. The highest BCUT2D eigenvalue weighted by molar-refractivity contribution is 7.16. The van der Waals surface area contributed by atoms with E-state index in [1.54, 1.807) is 0 Å². The highest BCUT2D eigenvalue weighted by Gasteiger charge is 2.30. The zero-order valence-corrected chi connectivity index (χ0v) is 17.5. The van der Waals surface area contributed by atoms with Crippen molar-refractivity contribution in [1.29, 1.82) is 0 Å². The fourth-order valence-corrected chi connectivity index (χ4v) is 3.96. The molecule has 0 aliphatic carbocycles. The lowest BCUT2D eigenvalue weighted by Crippen LogP contribution is -2.24. The molecule has 1 aliphatic heterocycles. The summed E-state index contributed by atoms with van der Waals surface area (Å²) in [5.41, 5.74) is 5.62. The van der Waals surface area contributed by atoms with Crippen LogP contribution in [0.3, 0.4) is 0 Å². The van der Waals surface area contributed by atoms with Crippen molar-refractivity contribution in [2.75, 3.05) is 18.9 Å². The Morgan fingerprint density at radius 3 is 2.79 bits per heavy atom. The van der Waals surface area contributed by atoms with Gasteiger partial charge in [0, 0.05) is 6.42 Å². The molecule has 0 saturated carbocycles. The van der Waals surface area contributed by atoms with Gasteiger partial charge in [0.2, 0.25) is 11.8 Å². The molecule has 0 radical (unpaired) electrons. The van der Waals surface area contributed by atoms with Crippen LogP contribution in [-0.4, -0.2) is 50.5 Å². The number of ether oxygens (including phenoxy) is 3. The Hall–Kier alpha value is -2.24. The summed E-state index contributed by atoms with van der Waals surface area (Å²) in [4.78, 5) is 32.4. The zero-order valence-electron chi connectivity index (χ0n) is 16.7. The van der Waals surface area contributed by atoms with E-state index in [0.29, 0.717) is 29.6 Å². The molecule has 3 rings (SSSR count). The summed E-state index contributed by atoms with van der Waals surface area (Å²) >= 11 is 0.950. The molecular weight excluding hydrogens is 400 g/mol. The molecule has 1 fully saturated rings. The SMILES string of the molecule is CC(C)(C)OC(=O)CCCOc1nc(N)nc2c1sc(=O)n2[C@H]1CC[C@@H](CO)O1. The molecule has 10 nitrogen and oxygen atoms in total. The van der Waals surface area contributed by atoms with Gasteiger partial charge in [0.05, 0.1) is 19.3 Å². The molecule has 29 heavy (non-hydrogen) atoms. The summed E-state index contributed by atoms with van der Waals surface area (Å²) in [7, 11) is 0. The van der Waals surface area contributed by atoms with E-state index in [2.05, 4.69) is 9.97 Å². The predicted octanol–water partition coefficient (Wildman–Crippen LogP) is 1.61. The van der Waals surface area contributed by atoms with Gasteiger partial charge in [0.15, 0.2) is 5.65 Å². The summed E-state index contributed by atoms with van der Waals surface area (Å²) < 4.78 is 18.6. The van der Waals surface area contributed by atoms with Crippen LogP contribution in [0.25, 0.3) is 10.3 Å². The minimum absolute atomic E-state index is 0.0251. The first kappa shape index (κ1) is 21.5. The van der Waals surface area contributed by atoms with Gasteiger partial charge in [0.1, 0.15) is 16.5 Å². The molecule has 0 amide bonds. The zero-order chi connectivity index (χ0) is 21.2. The van der Waals surface area contributed by atoms with Crippen LogP contribution < -0.4 is 15.3 Å². The number of nitrogens with two attached hydrogens (primary N) is 1. The standard InChI is InChI=1S/C18H26N4O6S/c1-18(2,3)28-12(24)5-4-8-26-15-13-14(20-16(19)21-15)22(17(25)29-13)11-7-6-10(9-23)27-11/h10-11,23H,4-9H2,1-3H3,(H2,19,20,21)/t10-,11+/m0/s1. The second-order valence-corrected chi connectivity index (χ2v) is 8.75. The molecule has 11 heteroatoms. The highest BCUT2D eigenvalue weighted by atomic mass is 32.1. The average Bonchev–Trinajstić information content (AvgIpc) is 3.20. The molecule has 0 aromatic carbocycles. The number of hydrogen-bond donors (Lipinski definition) is 2. The number of aliphatic hydroxyl groups is 1. The normalized spacial score (nSPS) is 19.6. The van der Waals surface area contributed by atoms with Crippen LogP contribution in [0.15, 0.2) is 4.79 Å². The Bertz CT molecular complexity index is 935. The molecule has 2 aromatic rings. The minimum atomic E-state index is -0.530. The maximum atomic E-state index is 12.5. The van der Waals surface area contributed by atoms with Gasteiger partial charge in [0.25, 0.3) is 0 Å². The van der Waals surface area contributed by atoms with Crippen molar-refractivity contribution in [1.82, 2.24) is 14.5 Å². The van der Waals surface area contributed by atoms with Crippen LogP contribution in [0.4, 0.5) is 5.95 Å². The lowest BCUT2D eigenvalue weighted by atomic mass is 10.2. The molecule has 1 aliphatic rings. The highest BCUT2D eigenvalue weighted by Crippen LogP contribution is 2.33. The summed E-state index contributed by atoms with van der Waals surface area (Å²) in [5, 5.41) is 9.27. The largest absolute Gasteiger partial charge is 0.476 e. The number of fused-ring (bicyclic) bond motifs is 1. The third kappa shape index (κ3) is 5.22. The lowest BCUT2D eigenvalue weighted by molar-refractivity contribution is -0.155. The molecule has 2 aromatic heterocycles. The van der Waals surface area contributed by atoms with E-state index in [0.717, 1.165) is 11.3 Å². The number of aliphatic hydroxyl groups excluding tert-OH is 1. The molecule has 3 N–H and O–H groups in total. The molecule has 0 unspecified atom stereocenters. The number of anilines is 1. The fourth-order valence-electron chi connectivity index (χ4n) is 3.05. The molecule has 160 valence electrons. The molecule has 0 bridgehead atoms. The fraction of sp³-hybridized carbons (Fsp3) is 0.667. The minimum Gasteiger partial charge on any atom is -0.476 e. The summed E-state index contributed by atoms with van der Waals surface area (Å²) in [5.74, 6) is -0.127. The Balaban J connectivity index is 1.72. The van der Waals surface area contributed by atoms with Crippen LogP contribution in [0.2, 0.25) is 0 Å². The van der Waals surface area contributed by atoms with Gasteiger partial charge in [-0.3, -0.25) is 14.2 Å². The van der Waals surface area contributed by atoms with E-state index in [1.807, 2.05) is 20.8 Å². The maximum absolute atomic E-state index is 12.5. The number of hydrogen-bond acceptors (Lipinski definition) is 10. The number of nitrogen functional groups attached to an aromatic ring is 1. The molecule has 3 heterocycles. The Kier molecular flexibility index (Phi) is 6.39. The van der Waals surface area contributed by atoms with Crippen LogP contribution >= 0.6 is 11.3 Å². The number of nitrogens with zero attached hydrogens (tertiary/aromatic N) is 3. The van der Waals surface area contributed by atoms with E-state index in [4.69, 9.17) is 19.9 Å². The van der Waals surface area contributed by atoms with Crippen LogP contribution in [0, 0.1) is 0 Å². The van der Waals surface area contributed by atoms with Crippen LogP contribution in [0.5, 0.6) is 5.88 Å². The molecular formula is C18H26N4O6S. The first-order chi connectivity index (χ1) is 13.7. The number of carbonyl (C=O) groups excluding carboxylic acids is 1. The van der Waals surface area contributed by atoms with Crippen molar-refractivity contribution < 1.29 is 24.1 Å². The number of aromatic nitrogens is 3. The van der Waals surface area contributed by atoms with Gasteiger partial charge >= 0.3 is 10.8 Å². The van der Waals surface area contributed by atoms with Gasteiger partial charge in [-0.15, -0.1) is 0 Å². The van der Waals surface area contributed by atoms with Crippen molar-refractivity contribution in [3.8, 4) is 5.88 Å². The van der Waals surface area contributed by atoms with Crippen LogP contribution in [0.1, 0.15) is 52.7 Å². The Labute approximate surface area is 171 Å². The number of esters is 1.